The Kier molecular flexibility index (Phi) is 6.96. The Bertz CT molecular complexity index is 880. The molecule has 3 rings (SSSR count). The van der Waals surface area contributed by atoms with Crippen LogP contribution >= 0.6 is 0 Å². The second-order valence-electron chi connectivity index (χ2n) is 8.53. The molecule has 30 heavy (non-hydrogen) atoms. The summed E-state index contributed by atoms with van der Waals surface area (Å²) >= 11 is 0. The summed E-state index contributed by atoms with van der Waals surface area (Å²) < 4.78 is 0. The van der Waals surface area contributed by atoms with E-state index in [1.807, 2.05) is 79.1 Å². The molecule has 1 aliphatic rings. The van der Waals surface area contributed by atoms with Crippen LogP contribution in [0.2, 0.25) is 0 Å². The lowest BCUT2D eigenvalue weighted by Crippen LogP contribution is -2.49. The molecule has 160 valence electrons. The number of benzene rings is 2. The molecule has 2 aromatic rings. The maximum absolute atomic E-state index is 13.5. The fourth-order valence-electron chi connectivity index (χ4n) is 4.24. The summed E-state index contributed by atoms with van der Waals surface area (Å²) in [5, 5.41) is 0. The standard InChI is InChI=1S/C26H34N2O2/c1-6-18(3)25(29)27-20(5)17-24(22-15-11-12-16-23(22)27)28(26(30)19(4)7-2)21-13-9-8-10-14-21/h8-16,18-20,24H,6-7,17H2,1-5H3/t18-,19+,20+,24-/m0/s1. The molecule has 0 unspecified atom stereocenters. The zero-order valence-corrected chi connectivity index (χ0v) is 18.8. The topological polar surface area (TPSA) is 40.6 Å². The molecule has 0 fully saturated rings. The van der Waals surface area contributed by atoms with Crippen LogP contribution in [-0.2, 0) is 9.59 Å². The van der Waals surface area contributed by atoms with E-state index in [0.29, 0.717) is 0 Å². The van der Waals surface area contributed by atoms with E-state index in [2.05, 4.69) is 19.9 Å². The van der Waals surface area contributed by atoms with Gasteiger partial charge in [-0.3, -0.25) is 9.59 Å². The SMILES string of the molecule is CC[C@@H](C)C(=O)N(c1ccccc1)[C@H]1C[C@@H](C)N(C(=O)[C@@H](C)CC)c2ccccc21. The highest BCUT2D eigenvalue weighted by Gasteiger charge is 2.39. The first-order valence-corrected chi connectivity index (χ1v) is 11.2. The quantitative estimate of drug-likeness (QED) is 0.592. The van der Waals surface area contributed by atoms with Crippen molar-refractivity contribution >= 4 is 23.2 Å². The predicted molar refractivity (Wildman–Crippen MR) is 124 cm³/mol. The van der Waals surface area contributed by atoms with Gasteiger partial charge in [-0.1, -0.05) is 64.1 Å². The summed E-state index contributed by atoms with van der Waals surface area (Å²) in [5.41, 5.74) is 2.90. The lowest BCUT2D eigenvalue weighted by molar-refractivity contribution is -0.122. The second kappa shape index (κ2) is 9.46. The number of carbonyl (C=O) groups is 2. The number of fused-ring (bicyclic) bond motifs is 1. The van der Waals surface area contributed by atoms with Crippen LogP contribution in [0.4, 0.5) is 11.4 Å². The third kappa shape index (κ3) is 4.14. The van der Waals surface area contributed by atoms with E-state index in [9.17, 15) is 9.59 Å². The monoisotopic (exact) mass is 406 g/mol. The van der Waals surface area contributed by atoms with Gasteiger partial charge in [0, 0.05) is 29.3 Å². The van der Waals surface area contributed by atoms with Gasteiger partial charge in [-0.15, -0.1) is 0 Å². The molecule has 2 amide bonds. The molecule has 1 heterocycles. The maximum Gasteiger partial charge on any atom is 0.230 e. The van der Waals surface area contributed by atoms with Gasteiger partial charge in [0.15, 0.2) is 0 Å². The van der Waals surface area contributed by atoms with Gasteiger partial charge in [0.05, 0.1) is 6.04 Å². The average molecular weight is 407 g/mol. The van der Waals surface area contributed by atoms with Crippen molar-refractivity contribution in [2.45, 2.75) is 66.0 Å². The minimum Gasteiger partial charge on any atom is -0.309 e. The molecule has 4 atom stereocenters. The fourth-order valence-corrected chi connectivity index (χ4v) is 4.24. The molecular formula is C26H34N2O2. The maximum atomic E-state index is 13.5. The lowest BCUT2D eigenvalue weighted by atomic mass is 9.88. The van der Waals surface area contributed by atoms with Crippen molar-refractivity contribution in [3.63, 3.8) is 0 Å². The van der Waals surface area contributed by atoms with Crippen molar-refractivity contribution in [2.75, 3.05) is 9.80 Å². The highest BCUT2D eigenvalue weighted by atomic mass is 16.2. The van der Waals surface area contributed by atoms with Gasteiger partial charge in [-0.25, -0.2) is 0 Å². The number of nitrogens with zero attached hydrogens (tertiary/aromatic N) is 2. The highest BCUT2D eigenvalue weighted by molar-refractivity contribution is 5.99. The van der Waals surface area contributed by atoms with Crippen LogP contribution in [0.1, 0.15) is 65.5 Å². The number of hydrogen-bond donors (Lipinski definition) is 0. The van der Waals surface area contributed by atoms with Crippen molar-refractivity contribution < 1.29 is 9.59 Å². The van der Waals surface area contributed by atoms with Crippen molar-refractivity contribution in [1.29, 1.82) is 0 Å². The molecule has 1 aliphatic heterocycles. The van der Waals surface area contributed by atoms with Gasteiger partial charge < -0.3 is 9.80 Å². The summed E-state index contributed by atoms with van der Waals surface area (Å²) in [7, 11) is 0. The van der Waals surface area contributed by atoms with Crippen LogP contribution in [0, 0.1) is 11.8 Å². The smallest absolute Gasteiger partial charge is 0.230 e. The molecule has 0 aliphatic carbocycles. The highest BCUT2D eigenvalue weighted by Crippen LogP contribution is 2.43. The number of para-hydroxylation sites is 2. The van der Waals surface area contributed by atoms with Gasteiger partial charge in [0.2, 0.25) is 11.8 Å². The van der Waals surface area contributed by atoms with Crippen LogP contribution in [0.15, 0.2) is 54.6 Å². The van der Waals surface area contributed by atoms with E-state index >= 15 is 0 Å². The summed E-state index contributed by atoms with van der Waals surface area (Å²) in [6.07, 6.45) is 2.33. The minimum absolute atomic E-state index is 0.0161. The van der Waals surface area contributed by atoms with Crippen molar-refractivity contribution in [1.82, 2.24) is 0 Å². The zero-order valence-electron chi connectivity index (χ0n) is 18.8. The van der Waals surface area contributed by atoms with Crippen LogP contribution in [0.5, 0.6) is 0 Å². The van der Waals surface area contributed by atoms with Gasteiger partial charge >= 0.3 is 0 Å². The first-order valence-electron chi connectivity index (χ1n) is 11.2. The second-order valence-corrected chi connectivity index (χ2v) is 8.53. The third-order valence-electron chi connectivity index (χ3n) is 6.45. The van der Waals surface area contributed by atoms with E-state index in [1.54, 1.807) is 0 Å². The van der Waals surface area contributed by atoms with E-state index in [-0.39, 0.29) is 35.7 Å². The molecule has 0 N–H and O–H groups in total. The molecule has 0 saturated carbocycles. The van der Waals surface area contributed by atoms with Gasteiger partial charge in [-0.2, -0.15) is 0 Å². The summed E-state index contributed by atoms with van der Waals surface area (Å²) in [6, 6.07) is 17.9. The Morgan fingerprint density at radius 3 is 2.20 bits per heavy atom. The van der Waals surface area contributed by atoms with Crippen LogP contribution in [-0.4, -0.2) is 17.9 Å². The summed E-state index contributed by atoms with van der Waals surface area (Å²) in [5.74, 6) is 0.212. The lowest BCUT2D eigenvalue weighted by Gasteiger charge is -2.44. The third-order valence-corrected chi connectivity index (χ3v) is 6.45. The van der Waals surface area contributed by atoms with E-state index < -0.39 is 0 Å². The number of hydrogen-bond acceptors (Lipinski definition) is 2. The van der Waals surface area contributed by atoms with Crippen LogP contribution in [0.3, 0.4) is 0 Å². The number of rotatable bonds is 6. The molecule has 0 spiro atoms. The molecule has 0 radical (unpaired) electrons. The summed E-state index contributed by atoms with van der Waals surface area (Å²) in [4.78, 5) is 30.6. The first-order chi connectivity index (χ1) is 14.4. The van der Waals surface area contributed by atoms with E-state index in [1.165, 1.54) is 0 Å². The zero-order chi connectivity index (χ0) is 21.8. The summed E-state index contributed by atoms with van der Waals surface area (Å²) in [6.45, 7) is 10.2. The van der Waals surface area contributed by atoms with Crippen LogP contribution in [0.25, 0.3) is 0 Å². The van der Waals surface area contributed by atoms with E-state index in [0.717, 1.165) is 36.2 Å². The number of anilines is 2. The predicted octanol–water partition coefficient (Wildman–Crippen LogP) is 5.98. The minimum atomic E-state index is -0.0962. The Labute approximate surface area is 180 Å². The number of amides is 2. The van der Waals surface area contributed by atoms with E-state index in [4.69, 9.17) is 0 Å². The molecule has 0 aromatic heterocycles. The van der Waals surface area contributed by atoms with Crippen molar-refractivity contribution in [2.24, 2.45) is 11.8 Å². The Morgan fingerprint density at radius 2 is 1.57 bits per heavy atom. The van der Waals surface area contributed by atoms with Crippen LogP contribution < -0.4 is 9.80 Å². The molecule has 0 saturated heterocycles. The Balaban J connectivity index is 2.11. The Morgan fingerprint density at radius 1 is 0.967 bits per heavy atom. The van der Waals surface area contributed by atoms with Crippen molar-refractivity contribution in [3.05, 3.63) is 60.2 Å². The molecule has 0 bridgehead atoms. The van der Waals surface area contributed by atoms with Gasteiger partial charge in [-0.05, 0) is 49.9 Å². The molecule has 2 aromatic carbocycles. The molecule has 4 heteroatoms. The normalized spacial score (nSPS) is 20.2. The van der Waals surface area contributed by atoms with Gasteiger partial charge in [0.1, 0.15) is 0 Å². The fraction of sp³-hybridized carbons (Fsp3) is 0.462. The Hall–Kier alpha value is -2.62. The first kappa shape index (κ1) is 22.1. The molecule has 4 nitrogen and oxygen atoms in total. The molecular weight excluding hydrogens is 372 g/mol. The van der Waals surface area contributed by atoms with Crippen molar-refractivity contribution in [3.8, 4) is 0 Å². The number of carbonyl (C=O) groups excluding carboxylic acids is 2. The largest absolute Gasteiger partial charge is 0.309 e. The van der Waals surface area contributed by atoms with Gasteiger partial charge in [0.25, 0.3) is 0 Å². The average Bonchev–Trinajstić information content (AvgIpc) is 2.78.